The fourth-order valence-corrected chi connectivity index (χ4v) is 6.60. The van der Waals surface area contributed by atoms with Crippen molar-refractivity contribution in [2.24, 2.45) is 0 Å². The zero-order chi connectivity index (χ0) is 11.6. The topological polar surface area (TPSA) is 18.5 Å². The Morgan fingerprint density at radius 3 is 1.29 bits per heavy atom. The maximum atomic E-state index is 6.06. The Labute approximate surface area is 90.7 Å². The van der Waals surface area contributed by atoms with Gasteiger partial charge in [-0.3, -0.25) is 0 Å². The molecule has 14 heavy (non-hydrogen) atoms. The summed E-state index contributed by atoms with van der Waals surface area (Å²) < 4.78 is 12.1. The van der Waals surface area contributed by atoms with Crippen LogP contribution in [-0.4, -0.2) is 26.6 Å². The van der Waals surface area contributed by atoms with Crippen molar-refractivity contribution in [3.63, 3.8) is 0 Å². The van der Waals surface area contributed by atoms with Crippen LogP contribution in [-0.2, 0) is 9.05 Å². The van der Waals surface area contributed by atoms with E-state index in [1.807, 2.05) is 0 Å². The first-order chi connectivity index (χ1) is 6.08. The highest BCUT2D eigenvalue weighted by molar-refractivity contribution is 8.00. The summed E-state index contributed by atoms with van der Waals surface area (Å²) in [5, 5.41) is 0. The molecule has 2 nitrogen and oxygen atoms in total. The lowest BCUT2D eigenvalue weighted by atomic mass is 10.5. The van der Waals surface area contributed by atoms with Gasteiger partial charge in [-0.2, -0.15) is 0 Å². The molecule has 0 aromatic carbocycles. The van der Waals surface area contributed by atoms with Gasteiger partial charge in [-0.1, -0.05) is 0 Å². The summed E-state index contributed by atoms with van der Waals surface area (Å²) in [7, 11) is -3.00. The predicted molar refractivity (Wildman–Crippen MR) is 68.6 cm³/mol. The van der Waals surface area contributed by atoms with Crippen LogP contribution in [0.3, 0.4) is 0 Å². The summed E-state index contributed by atoms with van der Waals surface area (Å²) in [6, 6.07) is 0. The third-order valence-corrected chi connectivity index (χ3v) is 14.1. The van der Waals surface area contributed by atoms with E-state index in [4.69, 9.17) is 9.05 Å². The molecule has 0 bridgehead atoms. The van der Waals surface area contributed by atoms with Crippen molar-refractivity contribution in [3.8, 4) is 0 Å². The SMILES string of the molecule is CC(C)O[P+](C)(OC(C)C)[Si](C)(C)C. The van der Waals surface area contributed by atoms with Crippen molar-refractivity contribution in [2.45, 2.75) is 59.5 Å². The van der Waals surface area contributed by atoms with E-state index < -0.39 is 15.0 Å². The molecule has 0 aliphatic rings. The molecule has 0 radical (unpaired) electrons. The predicted octanol–water partition coefficient (Wildman–Crippen LogP) is 4.15. The standard InChI is InChI=1S/C10H26O2PSi/c1-9(2)11-13(5,12-10(3)4)14(6,7)8/h9-10H,1-8H3/q+1. The van der Waals surface area contributed by atoms with Crippen LogP contribution in [0.5, 0.6) is 0 Å². The highest BCUT2D eigenvalue weighted by Gasteiger charge is 2.53. The largest absolute Gasteiger partial charge is 0.286 e. The van der Waals surface area contributed by atoms with Crippen LogP contribution in [0.2, 0.25) is 19.6 Å². The lowest BCUT2D eigenvalue weighted by molar-refractivity contribution is 0.173. The molecule has 86 valence electrons. The molecule has 0 aliphatic heterocycles. The minimum absolute atomic E-state index is 0.263. The molecular weight excluding hydrogens is 211 g/mol. The molecule has 0 spiro atoms. The lowest BCUT2D eigenvalue weighted by Crippen LogP contribution is -2.31. The van der Waals surface area contributed by atoms with Crippen LogP contribution in [0.1, 0.15) is 27.7 Å². The maximum Gasteiger partial charge on any atom is 0.286 e. The van der Waals surface area contributed by atoms with E-state index in [2.05, 4.69) is 54.0 Å². The van der Waals surface area contributed by atoms with Gasteiger partial charge in [0.2, 0.25) is 7.26 Å². The van der Waals surface area contributed by atoms with Gasteiger partial charge < -0.3 is 0 Å². The van der Waals surface area contributed by atoms with Gasteiger partial charge in [-0.25, -0.2) is 9.05 Å². The Kier molecular flexibility index (Phi) is 5.27. The zero-order valence-corrected chi connectivity index (χ0v) is 12.8. The Hall–Kier alpha value is 0.567. The van der Waals surface area contributed by atoms with Crippen molar-refractivity contribution >= 4 is 15.0 Å². The van der Waals surface area contributed by atoms with Gasteiger partial charge in [0, 0.05) is 0 Å². The average molecular weight is 237 g/mol. The van der Waals surface area contributed by atoms with Crippen LogP contribution in [0.15, 0.2) is 0 Å². The molecule has 0 aromatic rings. The van der Waals surface area contributed by atoms with Crippen molar-refractivity contribution in [2.75, 3.05) is 6.66 Å². The fourth-order valence-electron chi connectivity index (χ4n) is 1.15. The molecule has 4 heteroatoms. The van der Waals surface area contributed by atoms with Gasteiger partial charge in [0.05, 0.1) is 18.9 Å². The van der Waals surface area contributed by atoms with E-state index in [0.29, 0.717) is 0 Å². The summed E-state index contributed by atoms with van der Waals surface area (Å²) >= 11 is 0. The van der Waals surface area contributed by atoms with Gasteiger partial charge in [0.25, 0.3) is 7.74 Å². The second kappa shape index (κ2) is 5.07. The van der Waals surface area contributed by atoms with E-state index in [-0.39, 0.29) is 12.2 Å². The van der Waals surface area contributed by atoms with Gasteiger partial charge in [-0.15, -0.1) is 0 Å². The smallest absolute Gasteiger partial charge is 0.219 e. The fraction of sp³-hybridized carbons (Fsp3) is 1.00. The van der Waals surface area contributed by atoms with Crippen LogP contribution in [0.4, 0.5) is 0 Å². The first-order valence-corrected chi connectivity index (χ1v) is 11.7. The van der Waals surface area contributed by atoms with Crippen molar-refractivity contribution in [1.82, 2.24) is 0 Å². The minimum Gasteiger partial charge on any atom is -0.219 e. The first kappa shape index (κ1) is 14.6. The lowest BCUT2D eigenvalue weighted by Gasteiger charge is -2.32. The van der Waals surface area contributed by atoms with Gasteiger partial charge in [0.15, 0.2) is 0 Å². The highest BCUT2D eigenvalue weighted by atomic mass is 31.5. The average Bonchev–Trinajstić information content (AvgIpc) is 1.78. The molecule has 0 saturated carbocycles. The number of hydrogen-bond donors (Lipinski definition) is 0. The Balaban J connectivity index is 4.67. The molecule has 0 N–H and O–H groups in total. The summed E-state index contributed by atoms with van der Waals surface area (Å²) in [4.78, 5) is 0. The first-order valence-electron chi connectivity index (χ1n) is 5.32. The number of hydrogen-bond acceptors (Lipinski definition) is 2. The second-order valence-electron chi connectivity index (χ2n) is 5.33. The molecule has 0 fully saturated rings. The van der Waals surface area contributed by atoms with Crippen molar-refractivity contribution in [1.29, 1.82) is 0 Å². The molecule has 0 rings (SSSR count). The van der Waals surface area contributed by atoms with Gasteiger partial charge in [0.1, 0.15) is 0 Å². The summed E-state index contributed by atoms with van der Waals surface area (Å²) in [5.74, 6) is 0. The van der Waals surface area contributed by atoms with Crippen LogP contribution >= 0.6 is 7.26 Å². The number of rotatable bonds is 5. The maximum absolute atomic E-state index is 6.06. The van der Waals surface area contributed by atoms with E-state index in [1.54, 1.807) is 0 Å². The molecule has 0 unspecified atom stereocenters. The van der Waals surface area contributed by atoms with Crippen LogP contribution in [0, 0.1) is 0 Å². The molecule has 0 saturated heterocycles. The second-order valence-corrected chi connectivity index (χ2v) is 18.2. The molecule has 0 atom stereocenters. The molecule has 0 aromatic heterocycles. The van der Waals surface area contributed by atoms with E-state index in [1.165, 1.54) is 0 Å². The van der Waals surface area contributed by atoms with Gasteiger partial charge in [-0.05, 0) is 47.3 Å². The summed E-state index contributed by atoms with van der Waals surface area (Å²) in [6.07, 6.45) is 0.526. The molecule has 0 amide bonds. The monoisotopic (exact) mass is 237 g/mol. The minimum atomic E-state index is -1.63. The van der Waals surface area contributed by atoms with Gasteiger partial charge >= 0.3 is 0 Å². The van der Waals surface area contributed by atoms with Crippen molar-refractivity contribution < 1.29 is 9.05 Å². The third kappa shape index (κ3) is 4.39. The molecule has 0 aliphatic carbocycles. The highest BCUT2D eigenvalue weighted by Crippen LogP contribution is 2.66. The van der Waals surface area contributed by atoms with E-state index in [0.717, 1.165) is 0 Å². The van der Waals surface area contributed by atoms with E-state index in [9.17, 15) is 0 Å². The molecule has 0 heterocycles. The Morgan fingerprint density at radius 2 is 1.14 bits per heavy atom. The molecular formula is C10H26O2PSi+. The van der Waals surface area contributed by atoms with Crippen molar-refractivity contribution in [3.05, 3.63) is 0 Å². The Bertz CT molecular complexity index is 165. The summed E-state index contributed by atoms with van der Waals surface area (Å²) in [6.45, 7) is 17.5. The van der Waals surface area contributed by atoms with E-state index >= 15 is 0 Å². The normalized spacial score (nSPS) is 14.1. The zero-order valence-electron chi connectivity index (χ0n) is 10.9. The third-order valence-electron chi connectivity index (χ3n) is 2.04. The van der Waals surface area contributed by atoms with Crippen LogP contribution in [0.25, 0.3) is 0 Å². The quantitative estimate of drug-likeness (QED) is 0.528. The summed E-state index contributed by atoms with van der Waals surface area (Å²) in [5.41, 5.74) is 0. The van der Waals surface area contributed by atoms with Crippen LogP contribution < -0.4 is 0 Å². The Morgan fingerprint density at radius 1 is 0.857 bits per heavy atom.